The maximum Gasteiger partial charge on any atom is 0.255 e. The second-order valence-corrected chi connectivity index (χ2v) is 8.92. The number of ether oxygens (including phenoxy) is 1. The fourth-order valence-electron chi connectivity index (χ4n) is 3.41. The minimum absolute atomic E-state index is 0.150. The average molecular weight is 432 g/mol. The van der Waals surface area contributed by atoms with E-state index < -0.39 is 10.0 Å². The van der Waals surface area contributed by atoms with Crippen molar-refractivity contribution in [2.24, 2.45) is 0 Å². The molecule has 1 aliphatic heterocycles. The van der Waals surface area contributed by atoms with Crippen LogP contribution in [0.25, 0.3) is 0 Å². The summed E-state index contributed by atoms with van der Waals surface area (Å²) in [7, 11) is -3.72. The third-order valence-corrected chi connectivity index (χ3v) is 6.41. The van der Waals surface area contributed by atoms with Gasteiger partial charge in [0.05, 0.1) is 12.3 Å². The lowest BCUT2D eigenvalue weighted by Crippen LogP contribution is -2.28. The Kier molecular flexibility index (Phi) is 7.33. The van der Waals surface area contributed by atoms with Gasteiger partial charge in [-0.2, -0.15) is 0 Å². The van der Waals surface area contributed by atoms with E-state index in [9.17, 15) is 13.2 Å². The summed E-state index contributed by atoms with van der Waals surface area (Å²) in [4.78, 5) is 15.0. The van der Waals surface area contributed by atoms with Crippen LogP contribution in [0.3, 0.4) is 0 Å². The van der Waals surface area contributed by atoms with Gasteiger partial charge in [0.2, 0.25) is 10.0 Å². The van der Waals surface area contributed by atoms with Crippen molar-refractivity contribution in [3.8, 4) is 5.75 Å². The molecule has 0 radical (unpaired) electrons. The van der Waals surface area contributed by atoms with Gasteiger partial charge in [-0.05, 0) is 68.7 Å². The molecular formula is C22H29N3O4S. The fraction of sp³-hybridized carbons (Fsp3) is 0.409. The first-order valence-corrected chi connectivity index (χ1v) is 11.9. The molecule has 1 fully saturated rings. The second kappa shape index (κ2) is 9.95. The maximum absolute atomic E-state index is 12.9. The number of amides is 1. The predicted molar refractivity (Wildman–Crippen MR) is 119 cm³/mol. The van der Waals surface area contributed by atoms with Gasteiger partial charge in [-0.25, -0.2) is 13.1 Å². The Bertz CT molecular complexity index is 968. The maximum atomic E-state index is 12.9. The molecule has 7 nitrogen and oxygen atoms in total. The van der Waals surface area contributed by atoms with Crippen LogP contribution in [-0.4, -0.2) is 40.6 Å². The average Bonchev–Trinajstić information content (AvgIpc) is 3.28. The van der Waals surface area contributed by atoms with Crippen molar-refractivity contribution < 1.29 is 17.9 Å². The number of anilines is 2. The van der Waals surface area contributed by atoms with E-state index in [0.29, 0.717) is 36.5 Å². The van der Waals surface area contributed by atoms with Crippen LogP contribution >= 0.6 is 0 Å². The minimum Gasteiger partial charge on any atom is -0.494 e. The van der Waals surface area contributed by atoms with Crippen molar-refractivity contribution in [1.82, 2.24) is 4.72 Å². The van der Waals surface area contributed by atoms with E-state index in [1.807, 2.05) is 13.8 Å². The molecule has 162 valence electrons. The molecule has 0 bridgehead atoms. The molecule has 2 aromatic rings. The van der Waals surface area contributed by atoms with E-state index >= 15 is 0 Å². The number of sulfonamides is 1. The summed E-state index contributed by atoms with van der Waals surface area (Å²) in [6.07, 6.45) is 2.75. The Morgan fingerprint density at radius 1 is 1.07 bits per heavy atom. The summed E-state index contributed by atoms with van der Waals surface area (Å²) >= 11 is 0. The molecule has 1 amide bonds. The molecule has 0 spiro atoms. The molecule has 30 heavy (non-hydrogen) atoms. The molecule has 2 N–H and O–H groups in total. The highest BCUT2D eigenvalue weighted by molar-refractivity contribution is 7.89. The third kappa shape index (κ3) is 5.31. The molecule has 1 saturated heterocycles. The molecule has 2 aromatic carbocycles. The topological polar surface area (TPSA) is 87.7 Å². The van der Waals surface area contributed by atoms with Crippen molar-refractivity contribution in [3.05, 3.63) is 48.0 Å². The lowest BCUT2D eigenvalue weighted by atomic mass is 10.1. The second-order valence-electron chi connectivity index (χ2n) is 7.19. The van der Waals surface area contributed by atoms with Gasteiger partial charge in [0.15, 0.2) is 0 Å². The zero-order valence-corrected chi connectivity index (χ0v) is 18.3. The SMILES string of the molecule is CCCNS(=O)(=O)c1cc(C(=O)Nc2ccc(OCC)cc2)ccc1N1CCCC1. The number of carbonyl (C=O) groups excluding carboxylic acids is 1. The van der Waals surface area contributed by atoms with Crippen molar-refractivity contribution >= 4 is 27.3 Å². The van der Waals surface area contributed by atoms with Gasteiger partial charge in [0, 0.05) is 30.9 Å². The summed E-state index contributed by atoms with van der Waals surface area (Å²) in [5.41, 5.74) is 1.55. The molecule has 0 saturated carbocycles. The van der Waals surface area contributed by atoms with Gasteiger partial charge in [-0.1, -0.05) is 6.92 Å². The normalized spacial score (nSPS) is 14.0. The molecule has 8 heteroatoms. The summed E-state index contributed by atoms with van der Waals surface area (Å²) in [5.74, 6) is 0.361. The van der Waals surface area contributed by atoms with Crippen LogP contribution < -0.4 is 19.7 Å². The number of carbonyl (C=O) groups is 1. The Balaban J connectivity index is 1.87. The number of benzene rings is 2. The Morgan fingerprint density at radius 3 is 2.40 bits per heavy atom. The van der Waals surface area contributed by atoms with Crippen LogP contribution in [0.5, 0.6) is 5.75 Å². The summed E-state index contributed by atoms with van der Waals surface area (Å²) in [5, 5.41) is 2.82. The Labute approximate surface area is 178 Å². The van der Waals surface area contributed by atoms with E-state index in [0.717, 1.165) is 31.7 Å². The molecule has 0 aromatic heterocycles. The highest BCUT2D eigenvalue weighted by Gasteiger charge is 2.25. The lowest BCUT2D eigenvalue weighted by molar-refractivity contribution is 0.102. The van der Waals surface area contributed by atoms with Gasteiger partial charge >= 0.3 is 0 Å². The Morgan fingerprint density at radius 2 is 1.77 bits per heavy atom. The van der Waals surface area contributed by atoms with E-state index in [-0.39, 0.29) is 10.8 Å². The number of rotatable bonds is 9. The third-order valence-electron chi connectivity index (χ3n) is 4.92. The molecule has 0 unspecified atom stereocenters. The van der Waals surface area contributed by atoms with E-state index in [1.54, 1.807) is 36.4 Å². The van der Waals surface area contributed by atoms with Gasteiger partial charge in [0.25, 0.3) is 5.91 Å². The van der Waals surface area contributed by atoms with Gasteiger partial charge in [-0.15, -0.1) is 0 Å². The molecule has 1 aliphatic rings. The molecule has 0 aliphatic carbocycles. The number of nitrogens with one attached hydrogen (secondary N) is 2. The molecular weight excluding hydrogens is 402 g/mol. The summed E-state index contributed by atoms with van der Waals surface area (Å²) in [6.45, 7) is 6.36. The first-order valence-electron chi connectivity index (χ1n) is 10.4. The summed E-state index contributed by atoms with van der Waals surface area (Å²) < 4.78 is 33.9. The molecule has 1 heterocycles. The van der Waals surface area contributed by atoms with Crippen LogP contribution in [0.4, 0.5) is 11.4 Å². The number of hydrogen-bond donors (Lipinski definition) is 2. The number of hydrogen-bond acceptors (Lipinski definition) is 5. The first kappa shape index (κ1) is 22.1. The Hall–Kier alpha value is -2.58. The van der Waals surface area contributed by atoms with Gasteiger partial charge < -0.3 is 15.0 Å². The quantitative estimate of drug-likeness (QED) is 0.633. The summed E-state index contributed by atoms with van der Waals surface area (Å²) in [6, 6.07) is 11.9. The van der Waals surface area contributed by atoms with Gasteiger partial charge in [-0.3, -0.25) is 4.79 Å². The van der Waals surface area contributed by atoms with Crippen LogP contribution in [0.1, 0.15) is 43.5 Å². The predicted octanol–water partition coefficient (Wildman–Crippen LogP) is 3.63. The van der Waals surface area contributed by atoms with E-state index in [1.165, 1.54) is 6.07 Å². The zero-order valence-electron chi connectivity index (χ0n) is 17.5. The highest BCUT2D eigenvalue weighted by atomic mass is 32.2. The highest BCUT2D eigenvalue weighted by Crippen LogP contribution is 2.29. The van der Waals surface area contributed by atoms with E-state index in [4.69, 9.17) is 4.74 Å². The first-order chi connectivity index (χ1) is 14.4. The monoisotopic (exact) mass is 431 g/mol. The zero-order chi connectivity index (χ0) is 21.6. The lowest BCUT2D eigenvalue weighted by Gasteiger charge is -2.22. The number of nitrogens with zero attached hydrogens (tertiary/aromatic N) is 1. The molecule has 0 atom stereocenters. The minimum atomic E-state index is -3.72. The van der Waals surface area contributed by atoms with Gasteiger partial charge in [0.1, 0.15) is 10.6 Å². The van der Waals surface area contributed by atoms with Crippen LogP contribution in [0.2, 0.25) is 0 Å². The van der Waals surface area contributed by atoms with Crippen molar-refractivity contribution in [2.75, 3.05) is 36.5 Å². The fourth-order valence-corrected chi connectivity index (χ4v) is 4.79. The molecule has 3 rings (SSSR count). The standard InChI is InChI=1S/C22H29N3O4S/c1-3-13-23-30(27,28)21-16-17(7-12-20(21)25-14-5-6-15-25)22(26)24-18-8-10-19(11-9-18)29-4-2/h7-12,16,23H,3-6,13-15H2,1-2H3,(H,24,26). The smallest absolute Gasteiger partial charge is 0.255 e. The van der Waals surface area contributed by atoms with Crippen LogP contribution in [-0.2, 0) is 10.0 Å². The van der Waals surface area contributed by atoms with Crippen LogP contribution in [0, 0.1) is 0 Å². The van der Waals surface area contributed by atoms with Crippen LogP contribution in [0.15, 0.2) is 47.4 Å². The van der Waals surface area contributed by atoms with Crippen molar-refractivity contribution in [3.63, 3.8) is 0 Å². The van der Waals surface area contributed by atoms with Crippen molar-refractivity contribution in [1.29, 1.82) is 0 Å². The largest absolute Gasteiger partial charge is 0.494 e. The van der Waals surface area contributed by atoms with Crippen molar-refractivity contribution in [2.45, 2.75) is 38.0 Å². The van der Waals surface area contributed by atoms with E-state index in [2.05, 4.69) is 14.9 Å².